The largest absolute Gasteiger partial charge is 0.339 e. The summed E-state index contributed by atoms with van der Waals surface area (Å²) >= 11 is 1.81. The molecule has 3 aromatic heterocycles. The molecule has 5 rings (SSSR count). The fourth-order valence-electron chi connectivity index (χ4n) is 4.10. The zero-order valence-corrected chi connectivity index (χ0v) is 21.4. The van der Waals surface area contributed by atoms with Crippen molar-refractivity contribution >= 4 is 45.6 Å². The summed E-state index contributed by atoms with van der Waals surface area (Å²) in [6.45, 7) is 3.46. The van der Waals surface area contributed by atoms with E-state index in [1.165, 1.54) is 6.20 Å². The van der Waals surface area contributed by atoms with Crippen LogP contribution < -0.4 is 5.32 Å². The Kier molecular flexibility index (Phi) is 6.16. The van der Waals surface area contributed by atoms with Crippen LogP contribution in [0.5, 0.6) is 0 Å². The first kappa shape index (κ1) is 23.6. The minimum absolute atomic E-state index is 0.0711. The van der Waals surface area contributed by atoms with E-state index in [0.717, 1.165) is 11.1 Å². The molecule has 1 aliphatic carbocycles. The van der Waals surface area contributed by atoms with E-state index in [9.17, 15) is 14.0 Å². The Labute approximate surface area is 214 Å². The number of benzene rings is 1. The Morgan fingerprint density at radius 3 is 2.83 bits per heavy atom. The lowest BCUT2D eigenvalue weighted by atomic mass is 9.83. The highest BCUT2D eigenvalue weighted by Crippen LogP contribution is 2.51. The van der Waals surface area contributed by atoms with Crippen LogP contribution in [0.3, 0.4) is 0 Å². The average Bonchev–Trinajstić information content (AvgIpc) is 3.44. The van der Waals surface area contributed by atoms with Gasteiger partial charge in [0.1, 0.15) is 17.1 Å². The van der Waals surface area contributed by atoms with Crippen molar-refractivity contribution in [2.75, 3.05) is 5.32 Å². The predicted octanol–water partition coefficient (Wildman–Crippen LogP) is 5.44. The molecule has 0 radical (unpaired) electrons. The topological polar surface area (TPSA) is 102 Å². The Hall–Kier alpha value is -3.15. The van der Waals surface area contributed by atoms with Gasteiger partial charge in [-0.15, -0.1) is 0 Å². The number of hydrogen-bond acceptors (Lipinski definition) is 6. The predicted molar refractivity (Wildman–Crippen MR) is 136 cm³/mol. The van der Waals surface area contributed by atoms with Gasteiger partial charge in [-0.05, 0) is 66.1 Å². The van der Waals surface area contributed by atoms with Gasteiger partial charge in [-0.25, -0.2) is 9.37 Å². The van der Waals surface area contributed by atoms with E-state index < -0.39 is 3.68 Å². The Balaban J connectivity index is 1.36. The standard InChI is InChI=1S/C25H23FIN5O3/c1-14-3-7-17(22-30-24(35-31-22)18-10-25(26,27)11-18)9-19(14)29-23(34)20-12-28-21-8-6-16(13-32(20)21)5-4-15(2)33/h3,6-9,12-13,18H,4-5,10-11H2,1-2H3,(H,29,34). The molecular weight excluding hydrogens is 564 g/mol. The summed E-state index contributed by atoms with van der Waals surface area (Å²) in [5.41, 5.74) is 4.14. The molecule has 4 aromatic rings. The highest BCUT2D eigenvalue weighted by molar-refractivity contribution is 14.1. The van der Waals surface area contributed by atoms with Crippen LogP contribution in [0.25, 0.3) is 17.0 Å². The quantitative estimate of drug-likeness (QED) is 0.228. The van der Waals surface area contributed by atoms with Crippen molar-refractivity contribution in [2.45, 2.75) is 49.1 Å². The summed E-state index contributed by atoms with van der Waals surface area (Å²) in [6.07, 6.45) is 5.13. The normalized spacial score (nSPS) is 19.5. The number of carbonyl (C=O) groups excluding carboxylic acids is 2. The molecule has 8 nitrogen and oxygen atoms in total. The van der Waals surface area contributed by atoms with Crippen LogP contribution in [0.1, 0.15) is 59.6 Å². The van der Waals surface area contributed by atoms with Crippen molar-refractivity contribution < 1.29 is 18.5 Å². The number of fused-ring (bicyclic) bond motifs is 1. The number of aryl methyl sites for hydroxylation is 2. The zero-order chi connectivity index (χ0) is 24.7. The lowest BCUT2D eigenvalue weighted by molar-refractivity contribution is -0.116. The van der Waals surface area contributed by atoms with Gasteiger partial charge in [-0.1, -0.05) is 23.4 Å². The van der Waals surface area contributed by atoms with Gasteiger partial charge in [0.2, 0.25) is 11.7 Å². The Morgan fingerprint density at radius 1 is 1.29 bits per heavy atom. The van der Waals surface area contributed by atoms with Gasteiger partial charge in [0, 0.05) is 42.6 Å². The number of ketones is 1. The lowest BCUT2D eigenvalue weighted by Gasteiger charge is -2.34. The number of nitrogens with one attached hydrogen (secondary N) is 1. The molecule has 1 fully saturated rings. The zero-order valence-electron chi connectivity index (χ0n) is 19.2. The number of aromatic nitrogens is 4. The first-order valence-corrected chi connectivity index (χ1v) is 12.4. The van der Waals surface area contributed by atoms with E-state index in [1.54, 1.807) is 17.4 Å². The third-order valence-corrected chi connectivity index (χ3v) is 7.07. The summed E-state index contributed by atoms with van der Waals surface area (Å²) in [6, 6.07) is 9.27. The van der Waals surface area contributed by atoms with Crippen LogP contribution in [-0.2, 0) is 11.2 Å². The van der Waals surface area contributed by atoms with Crippen LogP contribution in [0.4, 0.5) is 10.1 Å². The van der Waals surface area contributed by atoms with Crippen LogP contribution in [0.2, 0.25) is 0 Å². The second-order valence-corrected chi connectivity index (χ2v) is 10.9. The summed E-state index contributed by atoms with van der Waals surface area (Å²) < 4.78 is 19.7. The first-order chi connectivity index (χ1) is 16.7. The molecule has 1 amide bonds. The van der Waals surface area contributed by atoms with Crippen LogP contribution in [-0.4, -0.2) is 34.9 Å². The van der Waals surface area contributed by atoms with Crippen molar-refractivity contribution in [1.82, 2.24) is 19.5 Å². The molecule has 180 valence electrons. The number of carbonyl (C=O) groups is 2. The fraction of sp³-hybridized carbons (Fsp3) is 0.320. The van der Waals surface area contributed by atoms with Gasteiger partial charge in [-0.2, -0.15) is 4.98 Å². The van der Waals surface area contributed by atoms with Crippen molar-refractivity contribution in [1.29, 1.82) is 0 Å². The molecule has 0 saturated heterocycles. The highest BCUT2D eigenvalue weighted by atomic mass is 127. The molecule has 0 spiro atoms. The van der Waals surface area contributed by atoms with Crippen LogP contribution in [0, 0.1) is 6.92 Å². The van der Waals surface area contributed by atoms with Crippen molar-refractivity contribution in [2.24, 2.45) is 0 Å². The van der Waals surface area contributed by atoms with E-state index in [0.29, 0.717) is 60.0 Å². The van der Waals surface area contributed by atoms with Gasteiger partial charge < -0.3 is 14.6 Å². The molecular formula is C25H23FIN5O3. The number of imidazole rings is 1. The fourth-order valence-corrected chi connectivity index (χ4v) is 5.16. The minimum Gasteiger partial charge on any atom is -0.339 e. The number of pyridine rings is 1. The van der Waals surface area contributed by atoms with Gasteiger partial charge >= 0.3 is 0 Å². The van der Waals surface area contributed by atoms with Gasteiger partial charge in [-0.3, -0.25) is 9.20 Å². The number of hydrogen-bond donors (Lipinski definition) is 1. The van der Waals surface area contributed by atoms with Crippen molar-refractivity contribution in [3.8, 4) is 11.4 Å². The molecule has 1 N–H and O–H groups in total. The van der Waals surface area contributed by atoms with E-state index in [1.807, 2.05) is 60.0 Å². The van der Waals surface area contributed by atoms with Crippen LogP contribution >= 0.6 is 22.6 Å². The Bertz CT molecular complexity index is 1440. The maximum atomic E-state index is 13.8. The number of nitrogens with zero attached hydrogens (tertiary/aromatic N) is 4. The molecule has 0 unspecified atom stereocenters. The van der Waals surface area contributed by atoms with Crippen LogP contribution in [0.15, 0.2) is 47.2 Å². The number of amides is 1. The molecule has 35 heavy (non-hydrogen) atoms. The molecule has 0 aliphatic heterocycles. The SMILES string of the molecule is CC(=O)CCc1ccc2ncc(C(=O)Nc3cc(-c4noc(C5CC(F)(I)C5)n4)ccc3C)n2c1. The molecule has 3 heterocycles. The number of anilines is 1. The number of Topliss-reactive ketones (excluding diaryl/α,β-unsaturated/α-hetero) is 1. The third kappa shape index (κ3) is 4.97. The molecule has 10 heteroatoms. The number of halogens is 2. The highest BCUT2D eigenvalue weighted by Gasteiger charge is 2.46. The summed E-state index contributed by atoms with van der Waals surface area (Å²) in [5, 5.41) is 7.01. The van der Waals surface area contributed by atoms with Gasteiger partial charge in [0.25, 0.3) is 5.91 Å². The maximum absolute atomic E-state index is 13.8. The second kappa shape index (κ2) is 9.14. The van der Waals surface area contributed by atoms with Crippen molar-refractivity contribution in [3.05, 3.63) is 65.4 Å². The van der Waals surface area contributed by atoms with E-state index >= 15 is 0 Å². The summed E-state index contributed by atoms with van der Waals surface area (Å²) in [4.78, 5) is 33.3. The third-order valence-electron chi connectivity index (χ3n) is 6.19. The average molecular weight is 587 g/mol. The molecule has 1 aromatic carbocycles. The first-order valence-electron chi connectivity index (χ1n) is 11.3. The second-order valence-electron chi connectivity index (χ2n) is 9.01. The summed E-state index contributed by atoms with van der Waals surface area (Å²) in [7, 11) is 0. The molecule has 0 bridgehead atoms. The molecule has 0 atom stereocenters. The monoisotopic (exact) mass is 587 g/mol. The minimum atomic E-state index is -1.20. The van der Waals surface area contributed by atoms with E-state index in [-0.39, 0.29) is 17.6 Å². The molecule has 1 saturated carbocycles. The van der Waals surface area contributed by atoms with Crippen molar-refractivity contribution in [3.63, 3.8) is 0 Å². The smallest absolute Gasteiger partial charge is 0.274 e. The van der Waals surface area contributed by atoms with E-state index in [4.69, 9.17) is 4.52 Å². The van der Waals surface area contributed by atoms with Gasteiger partial charge in [0.05, 0.1) is 6.20 Å². The molecule has 1 aliphatic rings. The Morgan fingerprint density at radius 2 is 2.09 bits per heavy atom. The number of alkyl halides is 2. The maximum Gasteiger partial charge on any atom is 0.274 e. The van der Waals surface area contributed by atoms with Gasteiger partial charge in [0.15, 0.2) is 3.68 Å². The lowest BCUT2D eigenvalue weighted by Crippen LogP contribution is -2.32. The van der Waals surface area contributed by atoms with E-state index in [2.05, 4.69) is 20.4 Å². The summed E-state index contributed by atoms with van der Waals surface area (Å²) in [5.74, 6) is 0.558. The number of rotatable bonds is 7.